The van der Waals surface area contributed by atoms with Crippen LogP contribution >= 0.6 is 0 Å². The number of likely N-dealkylation sites (tertiary alicyclic amines) is 1. The minimum Gasteiger partial charge on any atom is -0.363 e. The average Bonchev–Trinajstić information content (AvgIpc) is 2.87. The van der Waals surface area contributed by atoms with Crippen molar-refractivity contribution in [2.45, 2.75) is 18.9 Å². The van der Waals surface area contributed by atoms with Gasteiger partial charge in [0, 0.05) is 39.4 Å². The molecule has 1 saturated heterocycles. The van der Waals surface area contributed by atoms with Gasteiger partial charge in [-0.05, 0) is 32.0 Å². The number of carbonyl (C=O) groups is 1. The summed E-state index contributed by atoms with van der Waals surface area (Å²) in [5.74, 6) is 0.959. The lowest BCUT2D eigenvalue weighted by Gasteiger charge is -2.24. The fourth-order valence-corrected chi connectivity index (χ4v) is 2.49. The second-order valence-electron chi connectivity index (χ2n) is 5.15. The highest BCUT2D eigenvalue weighted by atomic mass is 16.2. The first-order valence-corrected chi connectivity index (χ1v) is 6.72. The van der Waals surface area contributed by atoms with Gasteiger partial charge in [-0.15, -0.1) is 0 Å². The van der Waals surface area contributed by atoms with Gasteiger partial charge in [0.25, 0.3) is 5.91 Å². The number of nitrogens with zero attached hydrogens (tertiary/aromatic N) is 3. The van der Waals surface area contributed by atoms with E-state index in [-0.39, 0.29) is 5.91 Å². The lowest BCUT2D eigenvalue weighted by Crippen LogP contribution is -2.40. The standard InChI is InChI=1S/C14H22N4O/c1-15-10-12-5-4-8-18(12)14(19)11-6-7-13(16-9-11)17(2)3/h6-7,9,12,15H,4-5,8,10H2,1-3H3/t12-/m0/s1. The molecule has 1 aromatic heterocycles. The highest BCUT2D eigenvalue weighted by Crippen LogP contribution is 2.20. The van der Waals surface area contributed by atoms with Gasteiger partial charge in [0.1, 0.15) is 5.82 Å². The van der Waals surface area contributed by atoms with Crippen molar-refractivity contribution in [3.63, 3.8) is 0 Å². The van der Waals surface area contributed by atoms with E-state index in [4.69, 9.17) is 0 Å². The Morgan fingerprint density at radius 2 is 2.32 bits per heavy atom. The van der Waals surface area contributed by atoms with Gasteiger partial charge < -0.3 is 15.1 Å². The van der Waals surface area contributed by atoms with E-state index in [1.807, 2.05) is 43.1 Å². The number of hydrogen-bond donors (Lipinski definition) is 1. The molecular weight excluding hydrogens is 240 g/mol. The summed E-state index contributed by atoms with van der Waals surface area (Å²) in [7, 11) is 5.80. The summed E-state index contributed by atoms with van der Waals surface area (Å²) in [5, 5.41) is 3.15. The number of amides is 1. The normalized spacial score (nSPS) is 18.7. The molecule has 19 heavy (non-hydrogen) atoms. The predicted octanol–water partition coefficient (Wildman–Crippen LogP) is 0.972. The quantitative estimate of drug-likeness (QED) is 0.878. The molecule has 1 fully saturated rings. The Kier molecular flexibility index (Phi) is 4.37. The van der Waals surface area contributed by atoms with Crippen LogP contribution in [0.5, 0.6) is 0 Å². The van der Waals surface area contributed by atoms with Crippen molar-refractivity contribution >= 4 is 11.7 Å². The van der Waals surface area contributed by atoms with Crippen LogP contribution in [0.2, 0.25) is 0 Å². The summed E-state index contributed by atoms with van der Waals surface area (Å²) in [4.78, 5) is 20.6. The van der Waals surface area contributed by atoms with Gasteiger partial charge in [-0.25, -0.2) is 4.98 Å². The van der Waals surface area contributed by atoms with E-state index in [2.05, 4.69) is 10.3 Å². The molecule has 0 spiro atoms. The molecule has 5 nitrogen and oxygen atoms in total. The number of hydrogen-bond acceptors (Lipinski definition) is 4. The number of carbonyl (C=O) groups excluding carboxylic acids is 1. The Balaban J connectivity index is 2.10. The molecule has 0 aromatic carbocycles. The van der Waals surface area contributed by atoms with E-state index < -0.39 is 0 Å². The van der Waals surface area contributed by atoms with Crippen LogP contribution < -0.4 is 10.2 Å². The van der Waals surface area contributed by atoms with Gasteiger partial charge in [-0.3, -0.25) is 4.79 Å². The molecule has 1 aliphatic rings. The van der Waals surface area contributed by atoms with Crippen LogP contribution in [0, 0.1) is 0 Å². The van der Waals surface area contributed by atoms with E-state index in [0.717, 1.165) is 31.7 Å². The zero-order valence-corrected chi connectivity index (χ0v) is 11.9. The Morgan fingerprint density at radius 1 is 1.53 bits per heavy atom. The van der Waals surface area contributed by atoms with Crippen LogP contribution in [0.3, 0.4) is 0 Å². The van der Waals surface area contributed by atoms with Crippen molar-refractivity contribution in [2.24, 2.45) is 0 Å². The first kappa shape index (κ1) is 13.8. The van der Waals surface area contributed by atoms with E-state index in [9.17, 15) is 4.79 Å². The molecule has 0 bridgehead atoms. The third-order valence-electron chi connectivity index (χ3n) is 3.53. The molecule has 1 aromatic rings. The van der Waals surface area contributed by atoms with Gasteiger partial charge in [0.05, 0.1) is 5.56 Å². The summed E-state index contributed by atoms with van der Waals surface area (Å²) < 4.78 is 0. The molecular formula is C14H22N4O. The first-order valence-electron chi connectivity index (χ1n) is 6.72. The van der Waals surface area contributed by atoms with Crippen LogP contribution in [-0.2, 0) is 0 Å². The van der Waals surface area contributed by atoms with Gasteiger partial charge in [-0.2, -0.15) is 0 Å². The van der Waals surface area contributed by atoms with Crippen molar-refractivity contribution < 1.29 is 4.79 Å². The summed E-state index contributed by atoms with van der Waals surface area (Å²) in [6, 6.07) is 4.06. The molecule has 104 valence electrons. The molecule has 2 rings (SSSR count). The number of nitrogens with one attached hydrogen (secondary N) is 1. The molecule has 1 aliphatic heterocycles. The van der Waals surface area contributed by atoms with Crippen molar-refractivity contribution in [1.29, 1.82) is 0 Å². The second-order valence-corrected chi connectivity index (χ2v) is 5.15. The number of pyridine rings is 1. The molecule has 2 heterocycles. The Morgan fingerprint density at radius 3 is 2.89 bits per heavy atom. The van der Waals surface area contributed by atoms with E-state index in [0.29, 0.717) is 11.6 Å². The fourth-order valence-electron chi connectivity index (χ4n) is 2.49. The van der Waals surface area contributed by atoms with Crippen LogP contribution in [0.25, 0.3) is 0 Å². The van der Waals surface area contributed by atoms with Crippen molar-refractivity contribution in [3.8, 4) is 0 Å². The summed E-state index contributed by atoms with van der Waals surface area (Å²) >= 11 is 0. The van der Waals surface area contributed by atoms with Gasteiger partial charge in [0.2, 0.25) is 0 Å². The lowest BCUT2D eigenvalue weighted by atomic mass is 10.2. The van der Waals surface area contributed by atoms with Crippen molar-refractivity contribution in [3.05, 3.63) is 23.9 Å². The first-order chi connectivity index (χ1) is 9.13. The Labute approximate surface area is 114 Å². The zero-order chi connectivity index (χ0) is 13.8. The lowest BCUT2D eigenvalue weighted by molar-refractivity contribution is 0.0736. The van der Waals surface area contributed by atoms with Crippen LogP contribution in [0.4, 0.5) is 5.82 Å². The summed E-state index contributed by atoms with van der Waals surface area (Å²) in [5.41, 5.74) is 0.675. The van der Waals surface area contributed by atoms with E-state index in [1.165, 1.54) is 0 Å². The number of aromatic nitrogens is 1. The third kappa shape index (κ3) is 3.04. The maximum atomic E-state index is 12.5. The maximum Gasteiger partial charge on any atom is 0.255 e. The van der Waals surface area contributed by atoms with Crippen molar-refractivity contribution in [2.75, 3.05) is 39.1 Å². The van der Waals surface area contributed by atoms with Gasteiger partial charge in [0.15, 0.2) is 0 Å². The van der Waals surface area contributed by atoms with Gasteiger partial charge in [-0.1, -0.05) is 0 Å². The zero-order valence-electron chi connectivity index (χ0n) is 11.9. The van der Waals surface area contributed by atoms with Gasteiger partial charge >= 0.3 is 0 Å². The Hall–Kier alpha value is -1.62. The number of anilines is 1. The number of rotatable bonds is 4. The van der Waals surface area contributed by atoms with E-state index in [1.54, 1.807) is 6.20 Å². The third-order valence-corrected chi connectivity index (χ3v) is 3.53. The summed E-state index contributed by atoms with van der Waals surface area (Å²) in [6.07, 6.45) is 3.84. The summed E-state index contributed by atoms with van der Waals surface area (Å²) in [6.45, 7) is 1.70. The molecule has 1 N–H and O–H groups in total. The topological polar surface area (TPSA) is 48.5 Å². The molecule has 0 unspecified atom stereocenters. The predicted molar refractivity (Wildman–Crippen MR) is 76.5 cm³/mol. The van der Waals surface area contributed by atoms with E-state index >= 15 is 0 Å². The molecule has 0 aliphatic carbocycles. The van der Waals surface area contributed by atoms with Crippen molar-refractivity contribution in [1.82, 2.24) is 15.2 Å². The minimum atomic E-state index is 0.0931. The SMILES string of the molecule is CNC[C@@H]1CCCN1C(=O)c1ccc(N(C)C)nc1. The number of likely N-dealkylation sites (N-methyl/N-ethyl adjacent to an activating group) is 1. The monoisotopic (exact) mass is 262 g/mol. The van der Waals surface area contributed by atoms with Crippen LogP contribution in [0.15, 0.2) is 18.3 Å². The fraction of sp³-hybridized carbons (Fsp3) is 0.571. The highest BCUT2D eigenvalue weighted by Gasteiger charge is 2.28. The highest BCUT2D eigenvalue weighted by molar-refractivity contribution is 5.94. The average molecular weight is 262 g/mol. The molecule has 0 saturated carbocycles. The Bertz CT molecular complexity index is 430. The second kappa shape index (κ2) is 6.02. The van der Waals surface area contributed by atoms with Crippen LogP contribution in [-0.4, -0.2) is 56.1 Å². The minimum absolute atomic E-state index is 0.0931. The molecule has 1 amide bonds. The van der Waals surface area contributed by atoms with Crippen LogP contribution in [0.1, 0.15) is 23.2 Å². The largest absolute Gasteiger partial charge is 0.363 e. The smallest absolute Gasteiger partial charge is 0.255 e. The molecule has 5 heteroatoms. The molecule has 0 radical (unpaired) electrons. The molecule has 1 atom stereocenters. The maximum absolute atomic E-state index is 12.5.